The van der Waals surface area contributed by atoms with Gasteiger partial charge in [-0.05, 0) is 77.0 Å². The Hall–Kier alpha value is -3.01. The molecule has 0 aromatic rings. The van der Waals surface area contributed by atoms with Crippen LogP contribution in [0.15, 0.2) is 60.8 Å². The van der Waals surface area contributed by atoms with Gasteiger partial charge in [0.2, 0.25) is 0 Å². The van der Waals surface area contributed by atoms with E-state index in [1.165, 1.54) is 193 Å². The molecule has 0 amide bonds. The molecule has 0 aliphatic carbocycles. The highest BCUT2D eigenvalue weighted by Crippen LogP contribution is 2.17. The molecule has 0 saturated carbocycles. The van der Waals surface area contributed by atoms with Crippen molar-refractivity contribution in [2.24, 2.45) is 0 Å². The molecule has 2 atom stereocenters. The third-order valence-corrected chi connectivity index (χ3v) is 14.2. The molecule has 77 heavy (non-hydrogen) atoms. The minimum absolute atomic E-state index is 0.145. The quantitative estimate of drug-likeness (QED) is 0.0195. The first-order chi connectivity index (χ1) is 37.6. The van der Waals surface area contributed by atoms with E-state index in [1.807, 2.05) is 21.1 Å². The number of carboxylic acids is 1. The van der Waals surface area contributed by atoms with Crippen LogP contribution in [0.2, 0.25) is 0 Å². The van der Waals surface area contributed by atoms with Gasteiger partial charge in [0.25, 0.3) is 0 Å². The molecular weight excluding hydrogens is 959 g/mol. The highest BCUT2D eigenvalue weighted by Gasteiger charge is 2.22. The van der Waals surface area contributed by atoms with Crippen LogP contribution in [0, 0.1) is 0 Å². The van der Waals surface area contributed by atoms with Crippen LogP contribution in [0.25, 0.3) is 0 Å². The van der Waals surface area contributed by atoms with E-state index in [2.05, 4.69) is 74.6 Å². The molecule has 0 aliphatic rings. The second-order valence-electron chi connectivity index (χ2n) is 23.0. The molecule has 0 bridgehead atoms. The van der Waals surface area contributed by atoms with Crippen molar-refractivity contribution in [2.45, 2.75) is 309 Å². The van der Waals surface area contributed by atoms with Crippen molar-refractivity contribution in [1.82, 2.24) is 0 Å². The maximum atomic E-state index is 12.9. The van der Waals surface area contributed by atoms with Crippen LogP contribution < -0.4 is 5.11 Å². The molecule has 9 heteroatoms. The summed E-state index contributed by atoms with van der Waals surface area (Å²) in [6, 6.07) is 0. The number of likely N-dealkylation sites (N-methyl/N-ethyl adjacent to an activating group) is 1. The highest BCUT2D eigenvalue weighted by molar-refractivity contribution is 5.70. The SMILES string of the molecule is CC/C=C\C/C=C\C/C=C\C/C=C\CCCCCCCCCCC(=O)OC(COC(=O)CCCCCCCCCCCCCCCCCCCCC/C=C\CCCCCCCCCC)COC(OCC[N+](C)(C)C)C(=O)[O-]. The monoisotopic (exact) mass is 1080 g/mol. The summed E-state index contributed by atoms with van der Waals surface area (Å²) in [5.74, 6) is -2.28. The van der Waals surface area contributed by atoms with Crippen LogP contribution in [0.5, 0.6) is 0 Å². The average Bonchev–Trinajstić information content (AvgIpc) is 3.40. The van der Waals surface area contributed by atoms with Gasteiger partial charge in [-0.15, -0.1) is 0 Å². The van der Waals surface area contributed by atoms with E-state index in [0.29, 0.717) is 23.9 Å². The summed E-state index contributed by atoms with van der Waals surface area (Å²) in [4.78, 5) is 37.4. The van der Waals surface area contributed by atoms with Crippen molar-refractivity contribution < 1.29 is 42.9 Å². The Labute approximate surface area is 475 Å². The van der Waals surface area contributed by atoms with Gasteiger partial charge in [-0.25, -0.2) is 0 Å². The number of hydrogen-bond acceptors (Lipinski definition) is 8. The minimum Gasteiger partial charge on any atom is -0.545 e. The number of quaternary nitrogens is 1. The zero-order chi connectivity index (χ0) is 56.2. The summed E-state index contributed by atoms with van der Waals surface area (Å²) < 4.78 is 22.8. The van der Waals surface area contributed by atoms with Gasteiger partial charge >= 0.3 is 11.9 Å². The number of allylic oxidation sites excluding steroid dienone is 10. The van der Waals surface area contributed by atoms with Gasteiger partial charge in [0.15, 0.2) is 12.4 Å². The Morgan fingerprint density at radius 2 is 0.740 bits per heavy atom. The molecule has 0 aliphatic heterocycles. The van der Waals surface area contributed by atoms with Crippen molar-refractivity contribution in [3.63, 3.8) is 0 Å². The van der Waals surface area contributed by atoms with E-state index >= 15 is 0 Å². The molecule has 9 nitrogen and oxygen atoms in total. The number of hydrogen-bond donors (Lipinski definition) is 0. The van der Waals surface area contributed by atoms with E-state index in [1.54, 1.807) is 0 Å². The van der Waals surface area contributed by atoms with Crippen LogP contribution in [0.4, 0.5) is 0 Å². The number of aliphatic carboxylic acids is 1. The lowest BCUT2D eigenvalue weighted by Crippen LogP contribution is -2.44. The van der Waals surface area contributed by atoms with E-state index in [0.717, 1.165) is 70.6 Å². The molecule has 0 radical (unpaired) electrons. The third-order valence-electron chi connectivity index (χ3n) is 14.2. The molecule has 0 saturated heterocycles. The van der Waals surface area contributed by atoms with Gasteiger partial charge in [-0.1, -0.05) is 267 Å². The average molecular weight is 1080 g/mol. The number of nitrogens with zero attached hydrogens (tertiary/aromatic N) is 1. The third kappa shape index (κ3) is 60.5. The second kappa shape index (κ2) is 59.1. The van der Waals surface area contributed by atoms with Crippen molar-refractivity contribution >= 4 is 17.9 Å². The summed E-state index contributed by atoms with van der Waals surface area (Å²) in [6.45, 7) is 4.66. The number of ether oxygens (including phenoxy) is 4. The number of rotatable bonds is 60. The number of carboxylic acid groups (broad SMARTS) is 1. The van der Waals surface area contributed by atoms with Gasteiger partial charge in [-0.2, -0.15) is 0 Å². The van der Waals surface area contributed by atoms with E-state index in [9.17, 15) is 19.5 Å². The molecule has 448 valence electrons. The van der Waals surface area contributed by atoms with Crippen molar-refractivity contribution in [3.8, 4) is 0 Å². The first-order valence-electron chi connectivity index (χ1n) is 32.4. The summed E-state index contributed by atoms with van der Waals surface area (Å²) in [7, 11) is 5.93. The van der Waals surface area contributed by atoms with Crippen LogP contribution in [-0.2, 0) is 33.3 Å². The Kier molecular flexibility index (Phi) is 56.8. The number of esters is 2. The molecule has 0 rings (SSSR count). The first kappa shape index (κ1) is 74.0. The molecule has 0 fully saturated rings. The predicted octanol–water partition coefficient (Wildman–Crippen LogP) is 18.2. The van der Waals surface area contributed by atoms with E-state index in [-0.39, 0.29) is 32.2 Å². The summed E-state index contributed by atoms with van der Waals surface area (Å²) in [5.41, 5.74) is 0. The highest BCUT2D eigenvalue weighted by atomic mass is 16.7. The minimum atomic E-state index is -1.63. The number of carbonyl (C=O) groups is 3. The summed E-state index contributed by atoms with van der Waals surface area (Å²) >= 11 is 0. The summed E-state index contributed by atoms with van der Waals surface area (Å²) in [5, 5.41) is 11.8. The maximum absolute atomic E-state index is 12.9. The van der Waals surface area contributed by atoms with Gasteiger partial charge in [0.1, 0.15) is 13.2 Å². The largest absolute Gasteiger partial charge is 0.545 e. The lowest BCUT2D eigenvalue weighted by atomic mass is 10.0. The lowest BCUT2D eigenvalue weighted by molar-refractivity contribution is -0.870. The van der Waals surface area contributed by atoms with Gasteiger partial charge in [0.05, 0.1) is 40.3 Å². The molecule has 2 unspecified atom stereocenters. The lowest BCUT2D eigenvalue weighted by Gasteiger charge is -2.26. The predicted molar refractivity (Wildman–Crippen MR) is 325 cm³/mol. The Bertz CT molecular complexity index is 1450. The first-order valence-corrected chi connectivity index (χ1v) is 32.4. The van der Waals surface area contributed by atoms with E-state index < -0.39 is 24.3 Å². The van der Waals surface area contributed by atoms with Crippen molar-refractivity contribution in [3.05, 3.63) is 60.8 Å². The number of carbonyl (C=O) groups excluding carboxylic acids is 3. The Morgan fingerprint density at radius 3 is 1.12 bits per heavy atom. The number of unbranched alkanes of at least 4 members (excludes halogenated alkanes) is 35. The molecule has 0 spiro atoms. The fraction of sp³-hybridized carbons (Fsp3) is 0.809. The molecule has 0 heterocycles. The van der Waals surface area contributed by atoms with Crippen LogP contribution in [0.1, 0.15) is 296 Å². The van der Waals surface area contributed by atoms with Crippen LogP contribution in [-0.4, -0.2) is 82.3 Å². The Morgan fingerprint density at radius 1 is 0.403 bits per heavy atom. The summed E-state index contributed by atoms with van der Waals surface area (Å²) in [6.07, 6.45) is 72.9. The molecule has 0 aromatic heterocycles. The van der Waals surface area contributed by atoms with Gasteiger partial charge in [0, 0.05) is 12.8 Å². The van der Waals surface area contributed by atoms with Crippen LogP contribution in [0.3, 0.4) is 0 Å². The zero-order valence-corrected chi connectivity index (χ0v) is 51.1. The molecular formula is C68H123NO8. The fourth-order valence-electron chi connectivity index (χ4n) is 9.29. The molecule has 0 aromatic carbocycles. The zero-order valence-electron chi connectivity index (χ0n) is 51.1. The van der Waals surface area contributed by atoms with E-state index in [4.69, 9.17) is 18.9 Å². The molecule has 0 N–H and O–H groups in total. The second-order valence-corrected chi connectivity index (χ2v) is 23.0. The maximum Gasteiger partial charge on any atom is 0.306 e. The standard InChI is InChI=1S/C68H123NO8/c1-6-8-10-12-14-16-18-20-22-24-26-28-29-30-31-32-33-34-35-36-37-39-40-42-44-46-48-50-52-54-56-58-65(70)75-62-64(63-76-68(67(72)73)74-61-60-69(3,4)5)77-66(71)59-57-55-53-51-49-47-45-43-41-38-27-25-23-21-19-17-15-13-11-9-7-2/h9,11,15,17,21,23-24,26-27,38,64,68H,6-8,10,12-14,16,18-20,22,25,28-37,39-63H2,1-5H3/b11-9-,17-15-,23-21-,26-24-,38-27-. The van der Waals surface area contributed by atoms with Gasteiger partial charge < -0.3 is 33.3 Å². The smallest absolute Gasteiger partial charge is 0.306 e. The normalized spacial score (nSPS) is 13.1. The topological polar surface area (TPSA) is 111 Å². The van der Waals surface area contributed by atoms with Gasteiger partial charge in [-0.3, -0.25) is 9.59 Å². The van der Waals surface area contributed by atoms with Crippen molar-refractivity contribution in [1.29, 1.82) is 0 Å². The Balaban J connectivity index is 4.11. The fourth-order valence-corrected chi connectivity index (χ4v) is 9.29. The van der Waals surface area contributed by atoms with Crippen molar-refractivity contribution in [2.75, 3.05) is 47.5 Å². The van der Waals surface area contributed by atoms with Crippen LogP contribution >= 0.6 is 0 Å².